The molecule has 0 saturated heterocycles. The van der Waals surface area contributed by atoms with Crippen LogP contribution in [0, 0.1) is 0 Å². The summed E-state index contributed by atoms with van der Waals surface area (Å²) in [5.41, 5.74) is 6.22. The van der Waals surface area contributed by atoms with Gasteiger partial charge in [0.15, 0.2) is 17.5 Å². The van der Waals surface area contributed by atoms with Crippen molar-refractivity contribution >= 4 is 21.8 Å². The standard InChI is InChI=1S/C39H26N4O/c1-3-11-27(12-4-1)37-40-38(28-13-5-2-6-14-28)42-39(41-37)29-19-23-31(24-20-29)44-32-25-21-30(22-26-32)43-35-17-9-7-15-33(35)34-16-8-10-18-36(34)43/h1-26H. The lowest BCUT2D eigenvalue weighted by Gasteiger charge is -2.11. The molecule has 5 heteroatoms. The van der Waals surface area contributed by atoms with Gasteiger partial charge in [-0.2, -0.15) is 0 Å². The molecule has 5 nitrogen and oxygen atoms in total. The third-order valence-electron chi connectivity index (χ3n) is 7.72. The van der Waals surface area contributed by atoms with E-state index in [2.05, 4.69) is 65.2 Å². The number of nitrogens with zero attached hydrogens (tertiary/aromatic N) is 4. The van der Waals surface area contributed by atoms with Crippen molar-refractivity contribution in [3.8, 4) is 51.3 Å². The van der Waals surface area contributed by atoms with E-state index in [4.69, 9.17) is 19.7 Å². The molecule has 6 aromatic carbocycles. The molecule has 0 atom stereocenters. The summed E-state index contributed by atoms with van der Waals surface area (Å²) in [4.78, 5) is 14.4. The second kappa shape index (κ2) is 11.0. The van der Waals surface area contributed by atoms with Crippen LogP contribution in [0.3, 0.4) is 0 Å². The van der Waals surface area contributed by atoms with Crippen LogP contribution >= 0.6 is 0 Å². The minimum atomic E-state index is 0.611. The lowest BCUT2D eigenvalue weighted by atomic mass is 10.1. The Bertz CT molecular complexity index is 2110. The summed E-state index contributed by atoms with van der Waals surface area (Å²) >= 11 is 0. The van der Waals surface area contributed by atoms with Crippen molar-refractivity contribution in [2.45, 2.75) is 0 Å². The Kier molecular flexibility index (Phi) is 6.39. The van der Waals surface area contributed by atoms with Crippen molar-refractivity contribution in [3.63, 3.8) is 0 Å². The Balaban J connectivity index is 1.08. The molecule has 0 aliphatic carbocycles. The van der Waals surface area contributed by atoms with E-state index in [1.807, 2.05) is 97.1 Å². The highest BCUT2D eigenvalue weighted by molar-refractivity contribution is 6.09. The second-order valence-electron chi connectivity index (χ2n) is 10.5. The van der Waals surface area contributed by atoms with Crippen molar-refractivity contribution < 1.29 is 4.74 Å². The average molecular weight is 567 g/mol. The molecular formula is C39H26N4O. The summed E-state index contributed by atoms with van der Waals surface area (Å²) in [7, 11) is 0. The van der Waals surface area contributed by atoms with Crippen molar-refractivity contribution in [2.24, 2.45) is 0 Å². The van der Waals surface area contributed by atoms with Gasteiger partial charge in [-0.3, -0.25) is 0 Å². The Labute approximate surface area is 254 Å². The van der Waals surface area contributed by atoms with Crippen molar-refractivity contribution in [2.75, 3.05) is 0 Å². The summed E-state index contributed by atoms with van der Waals surface area (Å²) in [6, 6.07) is 53.1. The van der Waals surface area contributed by atoms with Gasteiger partial charge in [0.25, 0.3) is 0 Å². The predicted molar refractivity (Wildman–Crippen MR) is 177 cm³/mol. The van der Waals surface area contributed by atoms with E-state index in [0.29, 0.717) is 17.5 Å². The number of benzene rings is 6. The van der Waals surface area contributed by atoms with Crippen LogP contribution in [0.25, 0.3) is 61.7 Å². The summed E-state index contributed by atoms with van der Waals surface area (Å²) in [5, 5.41) is 2.49. The summed E-state index contributed by atoms with van der Waals surface area (Å²) in [6.07, 6.45) is 0. The van der Waals surface area contributed by atoms with Crippen LogP contribution in [-0.4, -0.2) is 19.5 Å². The topological polar surface area (TPSA) is 52.8 Å². The van der Waals surface area contributed by atoms with E-state index in [-0.39, 0.29) is 0 Å². The van der Waals surface area contributed by atoms with Gasteiger partial charge in [-0.25, -0.2) is 15.0 Å². The molecule has 8 aromatic rings. The number of aromatic nitrogens is 4. The van der Waals surface area contributed by atoms with E-state index in [1.165, 1.54) is 21.8 Å². The first kappa shape index (κ1) is 25.6. The van der Waals surface area contributed by atoms with E-state index < -0.39 is 0 Å². The first-order chi connectivity index (χ1) is 21.8. The number of hydrogen-bond donors (Lipinski definition) is 0. The molecule has 0 amide bonds. The first-order valence-electron chi connectivity index (χ1n) is 14.5. The fourth-order valence-electron chi connectivity index (χ4n) is 5.61. The molecule has 44 heavy (non-hydrogen) atoms. The molecule has 0 N–H and O–H groups in total. The molecule has 0 aliphatic rings. The molecule has 8 rings (SSSR count). The minimum absolute atomic E-state index is 0.611. The maximum absolute atomic E-state index is 6.24. The molecule has 0 fully saturated rings. The summed E-state index contributed by atoms with van der Waals surface area (Å²) in [6.45, 7) is 0. The molecule has 0 bridgehead atoms. The third-order valence-corrected chi connectivity index (χ3v) is 7.72. The van der Waals surface area contributed by atoms with Crippen LogP contribution in [0.5, 0.6) is 11.5 Å². The van der Waals surface area contributed by atoms with Crippen LogP contribution in [0.15, 0.2) is 158 Å². The highest BCUT2D eigenvalue weighted by Gasteiger charge is 2.13. The molecule has 2 heterocycles. The molecule has 0 unspecified atom stereocenters. The van der Waals surface area contributed by atoms with Gasteiger partial charge in [0.2, 0.25) is 0 Å². The Morgan fingerprint density at radius 1 is 0.364 bits per heavy atom. The quantitative estimate of drug-likeness (QED) is 0.201. The van der Waals surface area contributed by atoms with Gasteiger partial charge in [-0.15, -0.1) is 0 Å². The predicted octanol–water partition coefficient (Wildman–Crippen LogP) is 9.76. The first-order valence-corrected chi connectivity index (χ1v) is 14.5. The smallest absolute Gasteiger partial charge is 0.164 e. The fourth-order valence-corrected chi connectivity index (χ4v) is 5.61. The molecule has 2 aromatic heterocycles. The highest BCUT2D eigenvalue weighted by Crippen LogP contribution is 2.33. The largest absolute Gasteiger partial charge is 0.457 e. The molecule has 0 aliphatic heterocycles. The van der Waals surface area contributed by atoms with Gasteiger partial charge in [0, 0.05) is 33.2 Å². The van der Waals surface area contributed by atoms with Crippen molar-refractivity contribution in [3.05, 3.63) is 158 Å². The highest BCUT2D eigenvalue weighted by atomic mass is 16.5. The number of para-hydroxylation sites is 2. The fraction of sp³-hybridized carbons (Fsp3) is 0. The van der Waals surface area contributed by atoms with E-state index in [9.17, 15) is 0 Å². The molecule has 0 radical (unpaired) electrons. The zero-order valence-corrected chi connectivity index (χ0v) is 23.7. The van der Waals surface area contributed by atoms with E-state index in [1.54, 1.807) is 0 Å². The van der Waals surface area contributed by atoms with Crippen LogP contribution in [0.4, 0.5) is 0 Å². The number of fused-ring (bicyclic) bond motifs is 3. The molecule has 0 spiro atoms. The Morgan fingerprint density at radius 3 is 1.23 bits per heavy atom. The Morgan fingerprint density at radius 2 is 0.750 bits per heavy atom. The minimum Gasteiger partial charge on any atom is -0.457 e. The van der Waals surface area contributed by atoms with E-state index in [0.717, 1.165) is 33.9 Å². The number of rotatable bonds is 6. The Hall–Kier alpha value is -6.07. The maximum atomic E-state index is 6.24. The van der Waals surface area contributed by atoms with Gasteiger partial charge < -0.3 is 9.30 Å². The summed E-state index contributed by atoms with van der Waals surface area (Å²) in [5.74, 6) is 3.38. The van der Waals surface area contributed by atoms with Gasteiger partial charge in [-0.05, 0) is 60.7 Å². The van der Waals surface area contributed by atoms with Crippen LogP contribution in [-0.2, 0) is 0 Å². The third kappa shape index (κ3) is 4.76. The zero-order valence-electron chi connectivity index (χ0n) is 23.7. The zero-order chi connectivity index (χ0) is 29.3. The van der Waals surface area contributed by atoms with E-state index >= 15 is 0 Å². The van der Waals surface area contributed by atoms with Crippen molar-refractivity contribution in [1.82, 2.24) is 19.5 Å². The number of hydrogen-bond acceptors (Lipinski definition) is 4. The maximum Gasteiger partial charge on any atom is 0.164 e. The SMILES string of the molecule is c1ccc(-c2nc(-c3ccccc3)nc(-c3ccc(Oc4ccc(-n5c6ccccc6c6ccccc65)cc4)cc3)n2)cc1. The van der Waals surface area contributed by atoms with Crippen LogP contribution < -0.4 is 4.74 Å². The second-order valence-corrected chi connectivity index (χ2v) is 10.5. The van der Waals surface area contributed by atoms with Crippen molar-refractivity contribution in [1.29, 1.82) is 0 Å². The average Bonchev–Trinajstić information content (AvgIpc) is 3.44. The van der Waals surface area contributed by atoms with Gasteiger partial charge in [-0.1, -0.05) is 97.1 Å². The van der Waals surface area contributed by atoms with Gasteiger partial charge in [0.05, 0.1) is 11.0 Å². The monoisotopic (exact) mass is 566 g/mol. The number of ether oxygens (including phenoxy) is 1. The normalized spacial score (nSPS) is 11.2. The lowest BCUT2D eigenvalue weighted by Crippen LogP contribution is -2.00. The van der Waals surface area contributed by atoms with Crippen LogP contribution in [0.1, 0.15) is 0 Å². The summed E-state index contributed by atoms with van der Waals surface area (Å²) < 4.78 is 8.54. The molecule has 208 valence electrons. The molecular weight excluding hydrogens is 540 g/mol. The van der Waals surface area contributed by atoms with Crippen LogP contribution in [0.2, 0.25) is 0 Å². The van der Waals surface area contributed by atoms with Gasteiger partial charge in [0.1, 0.15) is 11.5 Å². The lowest BCUT2D eigenvalue weighted by molar-refractivity contribution is 0.482. The molecule has 0 saturated carbocycles. The van der Waals surface area contributed by atoms with Gasteiger partial charge >= 0.3 is 0 Å².